The van der Waals surface area contributed by atoms with E-state index in [1.165, 1.54) is 18.2 Å². The number of guanidine groups is 1. The van der Waals surface area contributed by atoms with Crippen molar-refractivity contribution in [2.24, 2.45) is 4.99 Å². The third-order valence-corrected chi connectivity index (χ3v) is 3.47. The van der Waals surface area contributed by atoms with Gasteiger partial charge in [0.05, 0.1) is 11.6 Å². The van der Waals surface area contributed by atoms with E-state index in [4.69, 9.17) is 16.9 Å². The lowest BCUT2D eigenvalue weighted by Gasteiger charge is -2.12. The van der Waals surface area contributed by atoms with E-state index >= 15 is 0 Å². The van der Waals surface area contributed by atoms with Crippen molar-refractivity contribution >= 4 is 17.6 Å². The van der Waals surface area contributed by atoms with Gasteiger partial charge in [0.2, 0.25) is 0 Å². The molecule has 0 atom stereocenters. The van der Waals surface area contributed by atoms with Gasteiger partial charge in [-0.05, 0) is 35.9 Å². The summed E-state index contributed by atoms with van der Waals surface area (Å²) >= 11 is 5.84. The molecular formula is C17H16ClFN4. The molecule has 6 heteroatoms. The van der Waals surface area contributed by atoms with Crippen molar-refractivity contribution in [3.63, 3.8) is 0 Å². The van der Waals surface area contributed by atoms with Gasteiger partial charge in [-0.25, -0.2) is 4.39 Å². The Morgan fingerprint density at radius 2 is 1.87 bits per heavy atom. The van der Waals surface area contributed by atoms with E-state index < -0.39 is 0 Å². The zero-order valence-corrected chi connectivity index (χ0v) is 13.4. The van der Waals surface area contributed by atoms with E-state index in [2.05, 4.69) is 15.6 Å². The molecule has 0 bridgehead atoms. The molecule has 0 saturated heterocycles. The van der Waals surface area contributed by atoms with Gasteiger partial charge in [-0.15, -0.1) is 0 Å². The molecule has 2 rings (SSSR count). The molecule has 0 heterocycles. The summed E-state index contributed by atoms with van der Waals surface area (Å²) in [6.45, 7) is 0.805. The van der Waals surface area contributed by atoms with E-state index in [1.54, 1.807) is 7.05 Å². The Kier molecular flexibility index (Phi) is 5.95. The summed E-state index contributed by atoms with van der Waals surface area (Å²) in [6.07, 6.45) is 0. The molecule has 0 aromatic heterocycles. The van der Waals surface area contributed by atoms with Crippen molar-refractivity contribution in [2.45, 2.75) is 13.1 Å². The van der Waals surface area contributed by atoms with E-state index in [1.807, 2.05) is 30.3 Å². The highest BCUT2D eigenvalue weighted by Gasteiger charge is 2.05. The minimum atomic E-state index is -0.357. The highest BCUT2D eigenvalue weighted by molar-refractivity contribution is 6.30. The van der Waals surface area contributed by atoms with Gasteiger partial charge in [0.15, 0.2) is 5.96 Å². The first kappa shape index (κ1) is 16.8. The summed E-state index contributed by atoms with van der Waals surface area (Å²) in [5.41, 5.74) is 1.89. The Morgan fingerprint density at radius 3 is 2.52 bits per heavy atom. The van der Waals surface area contributed by atoms with Crippen LogP contribution in [-0.2, 0) is 13.1 Å². The number of aliphatic imine (C=N–C) groups is 1. The number of hydrogen-bond acceptors (Lipinski definition) is 2. The van der Waals surface area contributed by atoms with E-state index in [-0.39, 0.29) is 12.4 Å². The number of nitrogens with zero attached hydrogens (tertiary/aromatic N) is 2. The molecule has 0 aliphatic heterocycles. The fraction of sp³-hybridized carbons (Fsp3) is 0.176. The van der Waals surface area contributed by atoms with Crippen molar-refractivity contribution in [3.05, 3.63) is 70.0 Å². The molecule has 2 aromatic rings. The van der Waals surface area contributed by atoms with Gasteiger partial charge in [0, 0.05) is 30.7 Å². The molecule has 2 aromatic carbocycles. The van der Waals surface area contributed by atoms with Gasteiger partial charge < -0.3 is 10.6 Å². The molecule has 4 nitrogen and oxygen atoms in total. The van der Waals surface area contributed by atoms with Crippen LogP contribution in [0.5, 0.6) is 0 Å². The first-order chi connectivity index (χ1) is 11.1. The predicted molar refractivity (Wildman–Crippen MR) is 89.6 cm³/mol. The van der Waals surface area contributed by atoms with Crippen LogP contribution < -0.4 is 10.6 Å². The van der Waals surface area contributed by atoms with Crippen molar-refractivity contribution in [1.29, 1.82) is 5.26 Å². The maximum absolute atomic E-state index is 13.7. The van der Waals surface area contributed by atoms with Crippen molar-refractivity contribution in [3.8, 4) is 6.07 Å². The second-order valence-corrected chi connectivity index (χ2v) is 5.26. The van der Waals surface area contributed by atoms with Gasteiger partial charge in [0.25, 0.3) is 0 Å². The van der Waals surface area contributed by atoms with Crippen molar-refractivity contribution < 1.29 is 4.39 Å². The van der Waals surface area contributed by atoms with Crippen LogP contribution in [0.2, 0.25) is 5.02 Å². The van der Waals surface area contributed by atoms with Crippen LogP contribution in [0.25, 0.3) is 0 Å². The quantitative estimate of drug-likeness (QED) is 0.668. The molecule has 0 spiro atoms. The Balaban J connectivity index is 1.93. The second-order valence-electron chi connectivity index (χ2n) is 4.82. The smallest absolute Gasteiger partial charge is 0.191 e. The summed E-state index contributed by atoms with van der Waals surface area (Å²) in [7, 11) is 1.64. The standard InChI is InChI=1S/C17H16ClFN4/c1-21-17(22-10-12-2-5-15(18)6-3-12)23-11-14-8-13(9-20)4-7-16(14)19/h2-8H,10-11H2,1H3,(H2,21,22,23). The average molecular weight is 331 g/mol. The Bertz CT molecular complexity index is 735. The lowest BCUT2D eigenvalue weighted by atomic mass is 10.1. The number of hydrogen-bond donors (Lipinski definition) is 2. The Hall–Kier alpha value is -2.58. The summed E-state index contributed by atoms with van der Waals surface area (Å²) in [6, 6.07) is 13.7. The number of nitriles is 1. The Morgan fingerprint density at radius 1 is 1.17 bits per heavy atom. The molecule has 0 aliphatic carbocycles. The summed E-state index contributed by atoms with van der Waals surface area (Å²) < 4.78 is 13.7. The third kappa shape index (κ3) is 4.97. The number of benzene rings is 2. The molecule has 0 radical (unpaired) electrons. The molecule has 0 saturated carbocycles. The Labute approximate surface area is 139 Å². The topological polar surface area (TPSA) is 60.2 Å². The molecule has 0 aliphatic rings. The van der Waals surface area contributed by atoms with E-state index in [9.17, 15) is 4.39 Å². The van der Waals surface area contributed by atoms with Gasteiger partial charge in [0.1, 0.15) is 5.82 Å². The third-order valence-electron chi connectivity index (χ3n) is 3.22. The lowest BCUT2D eigenvalue weighted by Crippen LogP contribution is -2.36. The number of nitrogens with one attached hydrogen (secondary N) is 2. The highest BCUT2D eigenvalue weighted by Crippen LogP contribution is 2.10. The van der Waals surface area contributed by atoms with Crippen LogP contribution in [0, 0.1) is 17.1 Å². The fourth-order valence-electron chi connectivity index (χ4n) is 1.97. The molecule has 2 N–H and O–H groups in total. The van der Waals surface area contributed by atoms with Crippen LogP contribution in [0.3, 0.4) is 0 Å². The number of rotatable bonds is 4. The molecule has 0 amide bonds. The van der Waals surface area contributed by atoms with Crippen LogP contribution >= 0.6 is 11.6 Å². The largest absolute Gasteiger partial charge is 0.352 e. The van der Waals surface area contributed by atoms with Gasteiger partial charge in [-0.1, -0.05) is 23.7 Å². The zero-order chi connectivity index (χ0) is 16.7. The second kappa shape index (κ2) is 8.16. The first-order valence-electron chi connectivity index (χ1n) is 7.00. The number of halogens is 2. The van der Waals surface area contributed by atoms with Crippen LogP contribution in [-0.4, -0.2) is 13.0 Å². The maximum atomic E-state index is 13.7. The van der Waals surface area contributed by atoms with Gasteiger partial charge >= 0.3 is 0 Å². The summed E-state index contributed by atoms with van der Waals surface area (Å²) in [5.74, 6) is 0.186. The normalized spacial score (nSPS) is 11.0. The molecule has 0 unspecified atom stereocenters. The molecule has 118 valence electrons. The highest BCUT2D eigenvalue weighted by atomic mass is 35.5. The van der Waals surface area contributed by atoms with E-state index in [0.717, 1.165) is 5.56 Å². The SMILES string of the molecule is CN=C(NCc1ccc(Cl)cc1)NCc1cc(C#N)ccc1F. The molecule has 23 heavy (non-hydrogen) atoms. The lowest BCUT2D eigenvalue weighted by molar-refractivity contribution is 0.604. The van der Waals surface area contributed by atoms with Gasteiger partial charge in [-0.3, -0.25) is 4.99 Å². The maximum Gasteiger partial charge on any atom is 0.191 e. The van der Waals surface area contributed by atoms with E-state index in [0.29, 0.717) is 28.7 Å². The van der Waals surface area contributed by atoms with Crippen LogP contribution in [0.4, 0.5) is 4.39 Å². The van der Waals surface area contributed by atoms with Crippen LogP contribution in [0.1, 0.15) is 16.7 Å². The summed E-state index contributed by atoms with van der Waals surface area (Å²) in [4.78, 5) is 4.09. The van der Waals surface area contributed by atoms with Crippen molar-refractivity contribution in [2.75, 3.05) is 7.05 Å². The molecular weight excluding hydrogens is 315 g/mol. The minimum absolute atomic E-state index is 0.238. The van der Waals surface area contributed by atoms with Crippen molar-refractivity contribution in [1.82, 2.24) is 10.6 Å². The first-order valence-corrected chi connectivity index (χ1v) is 7.37. The zero-order valence-electron chi connectivity index (χ0n) is 12.6. The predicted octanol–water partition coefficient (Wildman–Crippen LogP) is 3.22. The minimum Gasteiger partial charge on any atom is -0.352 e. The van der Waals surface area contributed by atoms with Crippen LogP contribution in [0.15, 0.2) is 47.5 Å². The molecule has 0 fully saturated rings. The fourth-order valence-corrected chi connectivity index (χ4v) is 2.09. The monoisotopic (exact) mass is 330 g/mol. The summed E-state index contributed by atoms with van der Waals surface area (Å²) in [5, 5.41) is 15.7. The van der Waals surface area contributed by atoms with Gasteiger partial charge in [-0.2, -0.15) is 5.26 Å². The average Bonchev–Trinajstić information content (AvgIpc) is 2.58.